The summed E-state index contributed by atoms with van der Waals surface area (Å²) in [6, 6.07) is 2.36. The number of halogens is 1. The summed E-state index contributed by atoms with van der Waals surface area (Å²) in [6.07, 6.45) is -3.98. The highest BCUT2D eigenvalue weighted by Gasteiger charge is 2.32. The Hall–Kier alpha value is -2.06. The lowest BCUT2D eigenvalue weighted by Crippen LogP contribution is -2.30. The van der Waals surface area contributed by atoms with E-state index in [1.54, 1.807) is 0 Å². The fraction of sp³-hybridized carbons (Fsp3) is 0.364. The van der Waals surface area contributed by atoms with Crippen LogP contribution in [0.25, 0.3) is 0 Å². The molecule has 0 aliphatic heterocycles. The third-order valence-corrected chi connectivity index (χ3v) is 2.33. The predicted octanol–water partition coefficient (Wildman–Crippen LogP) is 0.691. The van der Waals surface area contributed by atoms with Gasteiger partial charge in [0, 0.05) is 6.07 Å². The number of esters is 1. The molecule has 0 saturated heterocycles. The van der Waals surface area contributed by atoms with Gasteiger partial charge in [-0.1, -0.05) is 0 Å². The van der Waals surface area contributed by atoms with Crippen molar-refractivity contribution in [2.24, 2.45) is 0 Å². The molecule has 0 aliphatic carbocycles. The maximum absolute atomic E-state index is 13.1. The summed E-state index contributed by atoms with van der Waals surface area (Å²) in [5.74, 6) is -1.98. The van der Waals surface area contributed by atoms with Crippen molar-refractivity contribution in [2.45, 2.75) is 19.1 Å². The number of nitro groups is 1. The predicted molar refractivity (Wildman–Crippen MR) is 60.7 cm³/mol. The summed E-state index contributed by atoms with van der Waals surface area (Å²) in [7, 11) is 0. The van der Waals surface area contributed by atoms with Crippen LogP contribution in [0.4, 0.5) is 10.1 Å². The SMILES string of the molecule is CCOC(=O)C(O)C(O)c1cc(F)ccc1[N+](=O)[O-]. The molecule has 2 unspecified atom stereocenters. The van der Waals surface area contributed by atoms with E-state index >= 15 is 0 Å². The van der Waals surface area contributed by atoms with Crippen LogP contribution in [-0.2, 0) is 9.53 Å². The molecule has 0 bridgehead atoms. The molecule has 0 radical (unpaired) electrons. The lowest BCUT2D eigenvalue weighted by Gasteiger charge is -2.16. The van der Waals surface area contributed by atoms with Gasteiger partial charge >= 0.3 is 5.97 Å². The number of nitro benzene ring substituents is 1. The standard InChI is InChI=1S/C11H12FNO6/c1-2-19-11(16)10(15)9(14)7-5-6(12)3-4-8(7)13(17)18/h3-5,9-10,14-15H,2H2,1H3. The molecule has 7 nitrogen and oxygen atoms in total. The maximum Gasteiger partial charge on any atom is 0.338 e. The Bertz CT molecular complexity index is 492. The molecule has 0 aromatic heterocycles. The zero-order valence-electron chi connectivity index (χ0n) is 9.95. The first-order valence-electron chi connectivity index (χ1n) is 5.35. The average molecular weight is 273 g/mol. The quantitative estimate of drug-likeness (QED) is 0.464. The minimum absolute atomic E-state index is 0.0339. The Morgan fingerprint density at radius 1 is 1.53 bits per heavy atom. The number of ether oxygens (including phenoxy) is 1. The highest BCUT2D eigenvalue weighted by Crippen LogP contribution is 2.28. The molecule has 19 heavy (non-hydrogen) atoms. The Labute approximate surface area is 107 Å². The van der Waals surface area contributed by atoms with Gasteiger partial charge in [-0.25, -0.2) is 9.18 Å². The van der Waals surface area contributed by atoms with Gasteiger partial charge in [-0.15, -0.1) is 0 Å². The van der Waals surface area contributed by atoms with Crippen LogP contribution in [0, 0.1) is 15.9 Å². The molecule has 0 amide bonds. The minimum Gasteiger partial charge on any atom is -0.464 e. The number of aliphatic hydroxyl groups is 2. The molecule has 1 aromatic rings. The van der Waals surface area contributed by atoms with Crippen LogP contribution >= 0.6 is 0 Å². The molecule has 2 N–H and O–H groups in total. The van der Waals surface area contributed by atoms with Gasteiger partial charge in [0.2, 0.25) is 0 Å². The summed E-state index contributed by atoms with van der Waals surface area (Å²) in [5, 5.41) is 29.9. The van der Waals surface area contributed by atoms with E-state index in [0.29, 0.717) is 6.07 Å². The monoisotopic (exact) mass is 273 g/mol. The van der Waals surface area contributed by atoms with Gasteiger partial charge in [0.25, 0.3) is 5.69 Å². The fourth-order valence-electron chi connectivity index (χ4n) is 1.46. The van der Waals surface area contributed by atoms with E-state index in [1.807, 2.05) is 0 Å². The second-order valence-corrected chi connectivity index (χ2v) is 3.60. The third kappa shape index (κ3) is 3.46. The lowest BCUT2D eigenvalue weighted by molar-refractivity contribution is -0.386. The maximum atomic E-state index is 13.1. The number of rotatable bonds is 5. The molecule has 104 valence electrons. The molecule has 0 aliphatic rings. The highest BCUT2D eigenvalue weighted by molar-refractivity contribution is 5.75. The molecule has 0 heterocycles. The smallest absolute Gasteiger partial charge is 0.338 e. The normalized spacial score (nSPS) is 13.7. The second kappa shape index (κ2) is 6.21. The summed E-state index contributed by atoms with van der Waals surface area (Å²) >= 11 is 0. The van der Waals surface area contributed by atoms with Crippen molar-refractivity contribution in [3.8, 4) is 0 Å². The van der Waals surface area contributed by atoms with Crippen LogP contribution in [-0.4, -0.2) is 33.8 Å². The zero-order chi connectivity index (χ0) is 14.6. The third-order valence-electron chi connectivity index (χ3n) is 2.33. The number of aliphatic hydroxyl groups excluding tert-OH is 2. The van der Waals surface area contributed by atoms with Crippen molar-refractivity contribution >= 4 is 11.7 Å². The van der Waals surface area contributed by atoms with Gasteiger partial charge in [0.1, 0.15) is 11.9 Å². The number of benzene rings is 1. The zero-order valence-corrected chi connectivity index (χ0v) is 9.95. The number of carbonyl (C=O) groups excluding carboxylic acids is 1. The molecule has 2 atom stereocenters. The summed E-state index contributed by atoms with van der Waals surface area (Å²) in [4.78, 5) is 21.1. The number of hydrogen-bond donors (Lipinski definition) is 2. The van der Waals surface area contributed by atoms with Crippen LogP contribution in [0.1, 0.15) is 18.6 Å². The number of nitrogens with zero attached hydrogens (tertiary/aromatic N) is 1. The van der Waals surface area contributed by atoms with E-state index in [0.717, 1.165) is 12.1 Å². The van der Waals surface area contributed by atoms with Gasteiger partial charge in [-0.2, -0.15) is 0 Å². The second-order valence-electron chi connectivity index (χ2n) is 3.60. The van der Waals surface area contributed by atoms with Crippen LogP contribution in [0.5, 0.6) is 0 Å². The van der Waals surface area contributed by atoms with Crippen molar-refractivity contribution < 1.29 is 29.1 Å². The molecule has 0 fully saturated rings. The van der Waals surface area contributed by atoms with Crippen LogP contribution in [0.2, 0.25) is 0 Å². The first-order chi connectivity index (χ1) is 8.88. The molecule has 1 rings (SSSR count). The summed E-state index contributed by atoms with van der Waals surface area (Å²) in [5.41, 5.74) is -1.09. The van der Waals surface area contributed by atoms with E-state index in [-0.39, 0.29) is 6.61 Å². The van der Waals surface area contributed by atoms with Crippen molar-refractivity contribution in [3.05, 3.63) is 39.7 Å². The minimum atomic E-state index is -2.03. The average Bonchev–Trinajstić information content (AvgIpc) is 2.36. The molecule has 0 spiro atoms. The van der Waals surface area contributed by atoms with Gasteiger partial charge in [-0.3, -0.25) is 10.1 Å². The van der Waals surface area contributed by atoms with Crippen LogP contribution in [0.3, 0.4) is 0 Å². The van der Waals surface area contributed by atoms with E-state index in [9.17, 15) is 29.5 Å². The first kappa shape index (κ1) is 15.0. The molecular formula is C11H12FNO6. The summed E-state index contributed by atoms with van der Waals surface area (Å²) in [6.45, 7) is 1.45. The number of hydrogen-bond acceptors (Lipinski definition) is 6. The van der Waals surface area contributed by atoms with E-state index in [1.165, 1.54) is 6.92 Å². The Morgan fingerprint density at radius 3 is 2.68 bits per heavy atom. The fourth-order valence-corrected chi connectivity index (χ4v) is 1.46. The van der Waals surface area contributed by atoms with Gasteiger partial charge in [0.15, 0.2) is 6.10 Å². The van der Waals surface area contributed by atoms with Crippen LogP contribution < -0.4 is 0 Å². The van der Waals surface area contributed by atoms with Crippen molar-refractivity contribution in [1.82, 2.24) is 0 Å². The lowest BCUT2D eigenvalue weighted by atomic mass is 10.0. The van der Waals surface area contributed by atoms with E-state index in [2.05, 4.69) is 4.74 Å². The number of carbonyl (C=O) groups is 1. The largest absolute Gasteiger partial charge is 0.464 e. The Kier molecular flexibility index (Phi) is 4.90. The van der Waals surface area contributed by atoms with Gasteiger partial charge in [0.05, 0.1) is 17.1 Å². The van der Waals surface area contributed by atoms with Gasteiger partial charge in [-0.05, 0) is 19.1 Å². The summed E-state index contributed by atoms with van der Waals surface area (Å²) < 4.78 is 17.5. The highest BCUT2D eigenvalue weighted by atomic mass is 19.1. The van der Waals surface area contributed by atoms with Crippen molar-refractivity contribution in [3.63, 3.8) is 0 Å². The van der Waals surface area contributed by atoms with Gasteiger partial charge < -0.3 is 14.9 Å². The first-order valence-corrected chi connectivity index (χ1v) is 5.35. The van der Waals surface area contributed by atoms with Crippen molar-refractivity contribution in [1.29, 1.82) is 0 Å². The van der Waals surface area contributed by atoms with Crippen molar-refractivity contribution in [2.75, 3.05) is 6.61 Å². The molecule has 1 aromatic carbocycles. The Morgan fingerprint density at radius 2 is 2.16 bits per heavy atom. The molecular weight excluding hydrogens is 261 g/mol. The van der Waals surface area contributed by atoms with E-state index in [4.69, 9.17) is 0 Å². The van der Waals surface area contributed by atoms with Crippen LogP contribution in [0.15, 0.2) is 18.2 Å². The topological polar surface area (TPSA) is 110 Å². The van der Waals surface area contributed by atoms with E-state index < -0.39 is 40.2 Å². The molecule has 8 heteroatoms. The molecule has 0 saturated carbocycles. The Balaban J connectivity index is 3.10.